The molecular formula is C19H22N2OS. The highest BCUT2D eigenvalue weighted by Gasteiger charge is 2.07. The van der Waals surface area contributed by atoms with E-state index in [9.17, 15) is 4.79 Å². The van der Waals surface area contributed by atoms with Crippen LogP contribution in [0.25, 0.3) is 10.9 Å². The summed E-state index contributed by atoms with van der Waals surface area (Å²) in [6.07, 6.45) is 10.2. The Balaban J connectivity index is 1.47. The Morgan fingerprint density at radius 1 is 1.22 bits per heavy atom. The van der Waals surface area contributed by atoms with Gasteiger partial charge in [-0.1, -0.05) is 29.8 Å². The van der Waals surface area contributed by atoms with E-state index < -0.39 is 0 Å². The Labute approximate surface area is 141 Å². The summed E-state index contributed by atoms with van der Waals surface area (Å²) in [7, 11) is 0. The van der Waals surface area contributed by atoms with Crippen LogP contribution in [0.3, 0.4) is 0 Å². The third kappa shape index (κ3) is 4.58. The van der Waals surface area contributed by atoms with Gasteiger partial charge in [0.05, 0.1) is 11.3 Å². The first-order valence-corrected chi connectivity index (χ1v) is 9.22. The number of nitrogens with zero attached hydrogens (tertiary/aromatic N) is 1. The molecule has 1 amide bonds. The topological polar surface area (TPSA) is 42.0 Å². The number of carbonyl (C=O) groups excluding carboxylic acids is 1. The van der Waals surface area contributed by atoms with Crippen LogP contribution in [0.15, 0.2) is 53.1 Å². The second kappa shape index (κ2) is 8.16. The summed E-state index contributed by atoms with van der Waals surface area (Å²) in [5, 5.41) is 4.14. The van der Waals surface area contributed by atoms with E-state index in [2.05, 4.69) is 22.4 Å². The lowest BCUT2D eigenvalue weighted by Crippen LogP contribution is -2.26. The molecule has 2 aromatic rings. The highest BCUT2D eigenvalue weighted by atomic mass is 32.2. The Morgan fingerprint density at radius 3 is 3.00 bits per heavy atom. The van der Waals surface area contributed by atoms with Crippen molar-refractivity contribution in [2.24, 2.45) is 0 Å². The van der Waals surface area contributed by atoms with Gasteiger partial charge in [0.2, 0.25) is 5.91 Å². The number of thioether (sulfide) groups is 1. The molecule has 1 N–H and O–H groups in total. The van der Waals surface area contributed by atoms with E-state index in [4.69, 9.17) is 0 Å². The van der Waals surface area contributed by atoms with Crippen LogP contribution in [0.2, 0.25) is 0 Å². The van der Waals surface area contributed by atoms with E-state index >= 15 is 0 Å². The molecule has 1 aliphatic rings. The van der Waals surface area contributed by atoms with E-state index in [0.29, 0.717) is 5.75 Å². The minimum absolute atomic E-state index is 0.104. The molecule has 0 aliphatic heterocycles. The third-order valence-electron chi connectivity index (χ3n) is 4.12. The van der Waals surface area contributed by atoms with Crippen LogP contribution in [-0.4, -0.2) is 23.2 Å². The minimum atomic E-state index is 0.104. The first kappa shape index (κ1) is 16.1. The molecule has 0 spiro atoms. The second-order valence-corrected chi connectivity index (χ2v) is 6.84. The molecule has 0 radical (unpaired) electrons. The van der Waals surface area contributed by atoms with E-state index in [1.54, 1.807) is 18.0 Å². The standard InChI is InChI=1S/C19H22N2OS/c22-19(21-12-10-15-6-2-1-3-7-15)14-23-18-11-13-20-17-9-5-4-8-16(17)18/h4-6,8-9,11,13H,1-3,7,10,12,14H2,(H,21,22). The fraction of sp³-hybridized carbons (Fsp3) is 0.368. The van der Waals surface area contributed by atoms with Crippen molar-refractivity contribution in [3.63, 3.8) is 0 Å². The molecular weight excluding hydrogens is 304 g/mol. The number of hydrogen-bond donors (Lipinski definition) is 1. The predicted octanol–water partition coefficient (Wildman–Crippen LogP) is 4.33. The van der Waals surface area contributed by atoms with Crippen molar-refractivity contribution in [3.8, 4) is 0 Å². The van der Waals surface area contributed by atoms with Gasteiger partial charge < -0.3 is 5.32 Å². The van der Waals surface area contributed by atoms with Crippen molar-refractivity contribution in [2.45, 2.75) is 37.0 Å². The van der Waals surface area contributed by atoms with Crippen LogP contribution in [0.4, 0.5) is 0 Å². The van der Waals surface area contributed by atoms with Crippen LogP contribution in [0.5, 0.6) is 0 Å². The van der Waals surface area contributed by atoms with Crippen LogP contribution >= 0.6 is 11.8 Å². The summed E-state index contributed by atoms with van der Waals surface area (Å²) in [6.45, 7) is 0.752. The molecule has 120 valence electrons. The molecule has 1 heterocycles. The molecule has 0 fully saturated rings. The molecule has 1 aliphatic carbocycles. The molecule has 23 heavy (non-hydrogen) atoms. The SMILES string of the molecule is O=C(CSc1ccnc2ccccc12)NCCC1=CCCCC1. The van der Waals surface area contributed by atoms with Gasteiger partial charge in [0, 0.05) is 23.0 Å². The quantitative estimate of drug-likeness (QED) is 0.634. The summed E-state index contributed by atoms with van der Waals surface area (Å²) < 4.78 is 0. The lowest BCUT2D eigenvalue weighted by molar-refractivity contribution is -0.118. The minimum Gasteiger partial charge on any atom is -0.355 e. The Morgan fingerprint density at radius 2 is 2.13 bits per heavy atom. The summed E-state index contributed by atoms with van der Waals surface area (Å²) in [5.74, 6) is 0.555. The predicted molar refractivity (Wildman–Crippen MR) is 96.6 cm³/mol. The van der Waals surface area contributed by atoms with Gasteiger partial charge in [-0.2, -0.15) is 0 Å². The van der Waals surface area contributed by atoms with Crippen molar-refractivity contribution in [1.29, 1.82) is 0 Å². The lowest BCUT2D eigenvalue weighted by atomic mass is 9.97. The summed E-state index contributed by atoms with van der Waals surface area (Å²) in [4.78, 5) is 17.5. The highest BCUT2D eigenvalue weighted by Crippen LogP contribution is 2.26. The molecule has 0 saturated heterocycles. The number of pyridine rings is 1. The van der Waals surface area contributed by atoms with Crippen molar-refractivity contribution in [2.75, 3.05) is 12.3 Å². The zero-order valence-corrected chi connectivity index (χ0v) is 14.1. The largest absolute Gasteiger partial charge is 0.355 e. The van der Waals surface area contributed by atoms with Crippen molar-refractivity contribution < 1.29 is 4.79 Å². The van der Waals surface area contributed by atoms with E-state index in [1.807, 2.05) is 24.3 Å². The van der Waals surface area contributed by atoms with Gasteiger partial charge in [0.25, 0.3) is 0 Å². The molecule has 0 unspecified atom stereocenters. The maximum atomic E-state index is 12.0. The van der Waals surface area contributed by atoms with Crippen LogP contribution in [0.1, 0.15) is 32.1 Å². The van der Waals surface area contributed by atoms with Gasteiger partial charge in [-0.25, -0.2) is 0 Å². The number of amides is 1. The van der Waals surface area contributed by atoms with Crippen LogP contribution in [-0.2, 0) is 4.79 Å². The van der Waals surface area contributed by atoms with E-state index in [1.165, 1.54) is 31.3 Å². The Kier molecular flexibility index (Phi) is 5.70. The summed E-state index contributed by atoms with van der Waals surface area (Å²) in [6, 6.07) is 10.0. The number of benzene rings is 1. The van der Waals surface area contributed by atoms with E-state index in [-0.39, 0.29) is 5.91 Å². The van der Waals surface area contributed by atoms with Gasteiger partial charge >= 0.3 is 0 Å². The maximum Gasteiger partial charge on any atom is 0.230 e. The van der Waals surface area contributed by atoms with Crippen LogP contribution in [0, 0.1) is 0 Å². The smallest absolute Gasteiger partial charge is 0.230 e. The lowest BCUT2D eigenvalue weighted by Gasteiger charge is -2.13. The van der Waals surface area contributed by atoms with E-state index in [0.717, 1.165) is 28.8 Å². The van der Waals surface area contributed by atoms with Gasteiger partial charge in [-0.05, 0) is 44.2 Å². The molecule has 3 nitrogen and oxygen atoms in total. The highest BCUT2D eigenvalue weighted by molar-refractivity contribution is 8.00. The first-order valence-electron chi connectivity index (χ1n) is 8.24. The molecule has 0 saturated carbocycles. The number of carbonyl (C=O) groups is 1. The van der Waals surface area contributed by atoms with Crippen molar-refractivity contribution in [3.05, 3.63) is 48.2 Å². The number of para-hydroxylation sites is 1. The van der Waals surface area contributed by atoms with Gasteiger partial charge in [-0.15, -0.1) is 11.8 Å². The first-order chi connectivity index (χ1) is 11.3. The molecule has 0 atom stereocenters. The van der Waals surface area contributed by atoms with Gasteiger partial charge in [-0.3, -0.25) is 9.78 Å². The Bertz CT molecular complexity index is 706. The number of nitrogens with one attached hydrogen (secondary N) is 1. The van der Waals surface area contributed by atoms with Crippen molar-refractivity contribution in [1.82, 2.24) is 10.3 Å². The zero-order chi connectivity index (χ0) is 15.9. The Hall–Kier alpha value is -1.81. The van der Waals surface area contributed by atoms with Gasteiger partial charge in [0.15, 0.2) is 0 Å². The zero-order valence-electron chi connectivity index (χ0n) is 13.3. The average Bonchev–Trinajstić information content (AvgIpc) is 2.61. The average molecular weight is 326 g/mol. The van der Waals surface area contributed by atoms with Crippen LogP contribution < -0.4 is 5.32 Å². The molecule has 4 heteroatoms. The summed E-state index contributed by atoms with van der Waals surface area (Å²) >= 11 is 1.58. The number of aromatic nitrogens is 1. The third-order valence-corrected chi connectivity index (χ3v) is 5.19. The number of hydrogen-bond acceptors (Lipinski definition) is 3. The molecule has 0 bridgehead atoms. The fourth-order valence-electron chi connectivity index (χ4n) is 2.88. The van der Waals surface area contributed by atoms with Gasteiger partial charge in [0.1, 0.15) is 0 Å². The number of fused-ring (bicyclic) bond motifs is 1. The second-order valence-electron chi connectivity index (χ2n) is 5.82. The number of rotatable bonds is 6. The number of allylic oxidation sites excluding steroid dienone is 1. The fourth-order valence-corrected chi connectivity index (χ4v) is 3.76. The molecule has 3 rings (SSSR count). The molecule has 1 aromatic carbocycles. The van der Waals surface area contributed by atoms with Crippen molar-refractivity contribution >= 4 is 28.6 Å². The maximum absolute atomic E-state index is 12.0. The molecule has 1 aromatic heterocycles. The monoisotopic (exact) mass is 326 g/mol. The normalized spacial score (nSPS) is 14.5. The summed E-state index contributed by atoms with van der Waals surface area (Å²) in [5.41, 5.74) is 2.48.